The molecule has 0 bridgehead atoms. The first-order chi connectivity index (χ1) is 29.1. The molecular formula is C51H93NO7P+. The van der Waals surface area contributed by atoms with E-state index in [1.807, 2.05) is 21.1 Å². The minimum absolute atomic E-state index is 0.0831. The number of hydrogen-bond acceptors (Lipinski definition) is 6. The van der Waals surface area contributed by atoms with Gasteiger partial charge in [-0.25, -0.2) is 4.57 Å². The molecule has 2 unspecified atom stereocenters. The van der Waals surface area contributed by atoms with Crippen LogP contribution in [0.25, 0.3) is 0 Å². The summed E-state index contributed by atoms with van der Waals surface area (Å²) in [5.74, 6) is -0.325. The Hall–Kier alpha value is -2.06. The second-order valence-corrected chi connectivity index (χ2v) is 18.6. The molecule has 0 aromatic heterocycles. The lowest BCUT2D eigenvalue weighted by Crippen LogP contribution is -2.37. The zero-order valence-electron chi connectivity index (χ0n) is 39.4. The lowest BCUT2D eigenvalue weighted by atomic mass is 10.1. The highest BCUT2D eigenvalue weighted by Gasteiger charge is 2.26. The fourth-order valence-corrected chi connectivity index (χ4v) is 7.02. The Bertz CT molecular complexity index is 1190. The molecule has 348 valence electrons. The Morgan fingerprint density at radius 3 is 1.47 bits per heavy atom. The summed E-state index contributed by atoms with van der Waals surface area (Å²) >= 11 is 0. The minimum atomic E-state index is -4.28. The number of hydrogen-bond donors (Lipinski definition) is 1. The van der Waals surface area contributed by atoms with Gasteiger partial charge in [0.1, 0.15) is 19.3 Å². The Balaban J connectivity index is 4.16. The highest BCUT2D eigenvalue weighted by atomic mass is 31.2. The standard InChI is InChI=1S/C51H92NO7P/c1-6-8-10-12-14-16-18-20-21-22-23-24-25-26-27-28-29-30-31-32-34-36-38-40-42-44-51(53)59-50(49-58-60(54,55)57-47-45-52(3,4)5)48-56-46-43-41-39-37-35-33-19-17-15-13-11-9-7-2/h8,10,14-17,20-21,23-24,26-27,50H,6-7,9,11-13,18-19,22,25,28-49H2,1-5H3/p+1/b10-8-,16-14-,17-15-,21-20-,24-23-,27-26-. The topological polar surface area (TPSA) is 91.3 Å². The number of rotatable bonds is 44. The van der Waals surface area contributed by atoms with Crippen molar-refractivity contribution in [3.05, 3.63) is 72.9 Å². The molecule has 0 saturated carbocycles. The van der Waals surface area contributed by atoms with E-state index in [-0.39, 0.29) is 25.8 Å². The van der Waals surface area contributed by atoms with Gasteiger partial charge in [0.2, 0.25) is 0 Å². The van der Waals surface area contributed by atoms with E-state index in [1.54, 1.807) is 0 Å². The number of nitrogens with zero attached hydrogens (tertiary/aromatic N) is 1. The molecule has 0 saturated heterocycles. The number of phosphoric acid groups is 1. The number of unbranched alkanes of at least 4 members (excludes halogenated alkanes) is 18. The molecule has 1 N–H and O–H groups in total. The maximum absolute atomic E-state index is 12.7. The van der Waals surface area contributed by atoms with Crippen LogP contribution < -0.4 is 0 Å². The number of allylic oxidation sites excluding steroid dienone is 12. The van der Waals surface area contributed by atoms with Crippen LogP contribution in [0.4, 0.5) is 0 Å². The third kappa shape index (κ3) is 47.0. The molecule has 0 rings (SSSR count). The minimum Gasteiger partial charge on any atom is -0.457 e. The predicted molar refractivity (Wildman–Crippen MR) is 256 cm³/mol. The molecule has 0 spiro atoms. The molecule has 0 aliphatic heterocycles. The van der Waals surface area contributed by atoms with Crippen LogP contribution >= 0.6 is 7.82 Å². The number of carbonyl (C=O) groups is 1. The maximum Gasteiger partial charge on any atom is 0.472 e. The molecule has 0 amide bonds. The van der Waals surface area contributed by atoms with Crippen LogP contribution in [0.2, 0.25) is 0 Å². The van der Waals surface area contributed by atoms with E-state index >= 15 is 0 Å². The Labute approximate surface area is 370 Å². The van der Waals surface area contributed by atoms with Gasteiger partial charge < -0.3 is 18.9 Å². The summed E-state index contributed by atoms with van der Waals surface area (Å²) in [6.45, 7) is 5.46. The van der Waals surface area contributed by atoms with E-state index in [4.69, 9.17) is 18.5 Å². The Morgan fingerprint density at radius 1 is 0.533 bits per heavy atom. The molecule has 0 aromatic rings. The van der Waals surface area contributed by atoms with Crippen LogP contribution in [0.1, 0.15) is 187 Å². The second-order valence-electron chi connectivity index (χ2n) is 17.1. The number of phosphoric ester groups is 1. The van der Waals surface area contributed by atoms with E-state index in [9.17, 15) is 14.3 Å². The van der Waals surface area contributed by atoms with Crippen molar-refractivity contribution in [3.8, 4) is 0 Å². The molecular weight excluding hydrogens is 770 g/mol. The maximum atomic E-state index is 12.7. The van der Waals surface area contributed by atoms with Gasteiger partial charge in [-0.3, -0.25) is 13.8 Å². The van der Waals surface area contributed by atoms with E-state index in [0.717, 1.165) is 70.6 Å². The number of ether oxygens (including phenoxy) is 2. The average molecular weight is 863 g/mol. The van der Waals surface area contributed by atoms with E-state index < -0.39 is 13.9 Å². The summed E-state index contributed by atoms with van der Waals surface area (Å²) in [6, 6.07) is 0. The highest BCUT2D eigenvalue weighted by molar-refractivity contribution is 7.47. The molecule has 0 aliphatic rings. The van der Waals surface area contributed by atoms with Gasteiger partial charge in [0, 0.05) is 13.0 Å². The average Bonchev–Trinajstić information content (AvgIpc) is 3.20. The van der Waals surface area contributed by atoms with Gasteiger partial charge in [0.15, 0.2) is 0 Å². The third-order valence-corrected chi connectivity index (χ3v) is 11.0. The summed E-state index contributed by atoms with van der Waals surface area (Å²) in [5.41, 5.74) is 0. The molecule has 9 heteroatoms. The quantitative estimate of drug-likeness (QED) is 0.0214. The van der Waals surface area contributed by atoms with Crippen LogP contribution in [0, 0.1) is 0 Å². The van der Waals surface area contributed by atoms with E-state index in [1.165, 1.54) is 96.3 Å². The SMILES string of the molecule is CC/C=C\C/C=C\C/C=C\C/C=C\C/C=C\CCCCCCCCCCCC(=O)OC(COCCCCCCCC/C=C\CCCCC)COP(=O)(O)OCC[N+](C)(C)C. The van der Waals surface area contributed by atoms with Gasteiger partial charge in [-0.15, -0.1) is 0 Å². The lowest BCUT2D eigenvalue weighted by molar-refractivity contribution is -0.870. The third-order valence-electron chi connectivity index (χ3n) is 10.0. The summed E-state index contributed by atoms with van der Waals surface area (Å²) < 4.78 is 35.0. The number of likely N-dealkylation sites (N-methyl/N-ethyl adjacent to an activating group) is 1. The molecule has 0 aliphatic carbocycles. The monoisotopic (exact) mass is 863 g/mol. The normalized spacial score (nSPS) is 14.3. The number of esters is 1. The fourth-order valence-electron chi connectivity index (χ4n) is 6.28. The van der Waals surface area contributed by atoms with Crippen LogP contribution in [0.5, 0.6) is 0 Å². The van der Waals surface area contributed by atoms with Crippen molar-refractivity contribution in [1.29, 1.82) is 0 Å². The molecule has 2 atom stereocenters. The summed E-state index contributed by atoms with van der Waals surface area (Å²) in [4.78, 5) is 22.9. The van der Waals surface area contributed by atoms with Crippen molar-refractivity contribution >= 4 is 13.8 Å². The van der Waals surface area contributed by atoms with Gasteiger partial charge in [-0.1, -0.05) is 170 Å². The number of carbonyl (C=O) groups excluding carboxylic acids is 1. The molecule has 0 heterocycles. The van der Waals surface area contributed by atoms with Crippen molar-refractivity contribution in [1.82, 2.24) is 0 Å². The van der Waals surface area contributed by atoms with Crippen LogP contribution in [-0.4, -0.2) is 75.6 Å². The highest BCUT2D eigenvalue weighted by Crippen LogP contribution is 2.43. The van der Waals surface area contributed by atoms with Gasteiger partial charge in [0.25, 0.3) is 0 Å². The second kappa shape index (κ2) is 43.6. The van der Waals surface area contributed by atoms with Crippen molar-refractivity contribution < 1.29 is 37.3 Å². The molecule has 0 aromatic carbocycles. The van der Waals surface area contributed by atoms with E-state index in [2.05, 4.69) is 86.8 Å². The number of quaternary nitrogens is 1. The smallest absolute Gasteiger partial charge is 0.457 e. The van der Waals surface area contributed by atoms with E-state index in [0.29, 0.717) is 24.1 Å². The van der Waals surface area contributed by atoms with Crippen molar-refractivity contribution in [3.63, 3.8) is 0 Å². The van der Waals surface area contributed by atoms with Crippen molar-refractivity contribution in [2.45, 2.75) is 193 Å². The predicted octanol–water partition coefficient (Wildman–Crippen LogP) is 14.7. The molecule has 0 fully saturated rings. The summed E-state index contributed by atoms with van der Waals surface area (Å²) in [7, 11) is 1.65. The first kappa shape index (κ1) is 57.9. The van der Waals surface area contributed by atoms with Crippen LogP contribution in [0.15, 0.2) is 72.9 Å². The van der Waals surface area contributed by atoms with Crippen molar-refractivity contribution in [2.75, 3.05) is 54.1 Å². The van der Waals surface area contributed by atoms with Gasteiger partial charge >= 0.3 is 13.8 Å². The van der Waals surface area contributed by atoms with Crippen molar-refractivity contribution in [2.24, 2.45) is 0 Å². The first-order valence-electron chi connectivity index (χ1n) is 24.2. The zero-order valence-corrected chi connectivity index (χ0v) is 40.3. The Morgan fingerprint density at radius 2 is 0.967 bits per heavy atom. The van der Waals surface area contributed by atoms with Gasteiger partial charge in [-0.2, -0.15) is 0 Å². The molecule has 8 nitrogen and oxygen atoms in total. The lowest BCUT2D eigenvalue weighted by Gasteiger charge is -2.24. The molecule has 60 heavy (non-hydrogen) atoms. The van der Waals surface area contributed by atoms with Gasteiger partial charge in [0.05, 0.1) is 34.4 Å². The first-order valence-corrected chi connectivity index (χ1v) is 25.7. The fraction of sp³-hybridized carbons (Fsp3) is 0.745. The summed E-state index contributed by atoms with van der Waals surface area (Å²) in [6.07, 6.45) is 56.5. The molecule has 0 radical (unpaired) electrons. The Kier molecular flexibility index (Phi) is 42.1. The largest absolute Gasteiger partial charge is 0.472 e. The summed E-state index contributed by atoms with van der Waals surface area (Å²) in [5, 5.41) is 0. The zero-order chi connectivity index (χ0) is 44.1. The van der Waals surface area contributed by atoms with Crippen LogP contribution in [0.3, 0.4) is 0 Å². The van der Waals surface area contributed by atoms with Gasteiger partial charge in [-0.05, 0) is 83.5 Å². The van der Waals surface area contributed by atoms with Crippen LogP contribution in [-0.2, 0) is 27.9 Å².